The first-order valence-electron chi connectivity index (χ1n) is 16.8. The zero-order valence-corrected chi connectivity index (χ0v) is 26.5. The first-order chi connectivity index (χ1) is 24.3. The van der Waals surface area contributed by atoms with E-state index in [1.54, 1.807) is 0 Å². The molecule has 3 heteroatoms. The topological polar surface area (TPSA) is 23.0 Å². The number of hydrogen-bond acceptors (Lipinski definition) is 1. The van der Waals surface area contributed by atoms with Gasteiger partial charge in [-0.05, 0) is 76.5 Å². The van der Waals surface area contributed by atoms with E-state index in [0.29, 0.717) is 0 Å². The van der Waals surface area contributed by atoms with E-state index in [1.165, 1.54) is 65.5 Å². The normalized spacial score (nSPS) is 12.1. The van der Waals surface area contributed by atoms with Crippen molar-refractivity contribution in [2.24, 2.45) is 0 Å². The molecule has 0 N–H and O–H groups in total. The van der Waals surface area contributed by atoms with Crippen molar-refractivity contribution in [1.82, 2.24) is 9.13 Å². The van der Waals surface area contributed by atoms with E-state index in [4.69, 9.17) is 4.42 Å². The van der Waals surface area contributed by atoms with Crippen molar-refractivity contribution in [3.05, 3.63) is 170 Å². The quantitative estimate of drug-likeness (QED) is 0.192. The second-order valence-corrected chi connectivity index (χ2v) is 12.9. The van der Waals surface area contributed by atoms with Gasteiger partial charge in [0, 0.05) is 32.6 Å². The molecule has 0 spiro atoms. The minimum Gasteiger partial charge on any atom is -0.456 e. The van der Waals surface area contributed by atoms with Crippen LogP contribution in [-0.2, 0) is 0 Å². The SMILES string of the molecule is c1ccc(-c2ccc3c4c5c6ccccc6n(-c6cccc7oc8ccccc8c67)c5ccc4n(-c4ccc5ccccc5c4)c3c2)cc1. The lowest BCUT2D eigenvalue weighted by Crippen LogP contribution is -1.95. The Bertz CT molecular complexity index is 3100. The smallest absolute Gasteiger partial charge is 0.137 e. The highest BCUT2D eigenvalue weighted by molar-refractivity contribution is 6.29. The highest BCUT2D eigenvalue weighted by Gasteiger charge is 2.22. The molecule has 0 radical (unpaired) electrons. The third-order valence-corrected chi connectivity index (χ3v) is 10.3. The van der Waals surface area contributed by atoms with Gasteiger partial charge in [-0.25, -0.2) is 0 Å². The van der Waals surface area contributed by atoms with E-state index in [2.05, 4.69) is 173 Å². The first kappa shape index (κ1) is 26.5. The summed E-state index contributed by atoms with van der Waals surface area (Å²) in [6.45, 7) is 0. The standard InChI is InChI=1S/C46H28N2O/c1-2-11-29(12-3-1)32-22-24-35-41(28-32)47(33-23-21-30-13-4-5-14-31(30)27-33)39-25-26-40-45(46(35)39)34-15-6-8-17-37(34)48(40)38-18-10-20-43-44(38)36-16-7-9-19-42(36)49-43/h1-28H. The number of para-hydroxylation sites is 2. The third-order valence-electron chi connectivity index (χ3n) is 10.3. The summed E-state index contributed by atoms with van der Waals surface area (Å²) < 4.78 is 11.3. The van der Waals surface area contributed by atoms with E-state index in [1.807, 2.05) is 6.07 Å². The molecule has 0 saturated carbocycles. The molecular formula is C46H28N2O. The lowest BCUT2D eigenvalue weighted by Gasteiger charge is -2.11. The minimum absolute atomic E-state index is 0.895. The molecule has 0 fully saturated rings. The van der Waals surface area contributed by atoms with Gasteiger partial charge in [0.05, 0.1) is 33.1 Å². The molecular weight excluding hydrogens is 597 g/mol. The summed E-state index contributed by atoms with van der Waals surface area (Å²) in [5.41, 5.74) is 11.2. The summed E-state index contributed by atoms with van der Waals surface area (Å²) in [7, 11) is 0. The van der Waals surface area contributed by atoms with Crippen LogP contribution in [-0.4, -0.2) is 9.13 Å². The predicted octanol–water partition coefficient (Wildman–Crippen LogP) is 12.6. The molecule has 0 aliphatic heterocycles. The maximum Gasteiger partial charge on any atom is 0.137 e. The average molecular weight is 625 g/mol. The number of nitrogens with zero attached hydrogens (tertiary/aromatic N) is 2. The molecule has 8 aromatic carbocycles. The molecule has 11 rings (SSSR count). The zero-order valence-electron chi connectivity index (χ0n) is 26.5. The first-order valence-corrected chi connectivity index (χ1v) is 16.8. The van der Waals surface area contributed by atoms with Crippen molar-refractivity contribution in [3.63, 3.8) is 0 Å². The number of benzene rings is 8. The number of aromatic nitrogens is 2. The third kappa shape index (κ3) is 3.73. The molecule has 3 nitrogen and oxygen atoms in total. The van der Waals surface area contributed by atoms with Crippen LogP contribution in [0.4, 0.5) is 0 Å². The Morgan fingerprint density at radius 2 is 1.04 bits per heavy atom. The van der Waals surface area contributed by atoms with E-state index in [9.17, 15) is 0 Å². The summed E-state index contributed by atoms with van der Waals surface area (Å²) in [6.07, 6.45) is 0. The van der Waals surface area contributed by atoms with E-state index in [-0.39, 0.29) is 0 Å². The van der Waals surface area contributed by atoms with Gasteiger partial charge < -0.3 is 13.6 Å². The van der Waals surface area contributed by atoms with Gasteiger partial charge in [0.1, 0.15) is 11.2 Å². The molecule has 0 atom stereocenters. The van der Waals surface area contributed by atoms with Crippen molar-refractivity contribution in [2.75, 3.05) is 0 Å². The van der Waals surface area contributed by atoms with Gasteiger partial charge >= 0.3 is 0 Å². The van der Waals surface area contributed by atoms with Crippen LogP contribution in [0.2, 0.25) is 0 Å². The van der Waals surface area contributed by atoms with Gasteiger partial charge in [-0.15, -0.1) is 0 Å². The Labute approximate surface area is 281 Å². The average Bonchev–Trinajstić information content (AvgIpc) is 3.82. The predicted molar refractivity (Wildman–Crippen MR) is 205 cm³/mol. The highest BCUT2D eigenvalue weighted by Crippen LogP contribution is 2.45. The zero-order chi connectivity index (χ0) is 32.1. The van der Waals surface area contributed by atoms with E-state index >= 15 is 0 Å². The Morgan fingerprint density at radius 3 is 1.92 bits per heavy atom. The molecule has 0 unspecified atom stereocenters. The lowest BCUT2D eigenvalue weighted by atomic mass is 10.0. The molecule has 0 aliphatic carbocycles. The molecule has 49 heavy (non-hydrogen) atoms. The van der Waals surface area contributed by atoms with Crippen LogP contribution in [0.1, 0.15) is 0 Å². The molecule has 0 saturated heterocycles. The molecule has 11 aromatic rings. The monoisotopic (exact) mass is 624 g/mol. The van der Waals surface area contributed by atoms with Crippen LogP contribution in [0.5, 0.6) is 0 Å². The van der Waals surface area contributed by atoms with Crippen LogP contribution in [0.25, 0.3) is 98.8 Å². The highest BCUT2D eigenvalue weighted by atomic mass is 16.3. The van der Waals surface area contributed by atoms with Crippen molar-refractivity contribution < 1.29 is 4.42 Å². The van der Waals surface area contributed by atoms with Crippen LogP contribution >= 0.6 is 0 Å². The Hall–Kier alpha value is -6.58. The van der Waals surface area contributed by atoms with E-state index in [0.717, 1.165) is 33.3 Å². The van der Waals surface area contributed by atoms with E-state index < -0.39 is 0 Å². The fourth-order valence-electron chi connectivity index (χ4n) is 8.17. The number of fused-ring (bicyclic) bond motifs is 11. The summed E-state index contributed by atoms with van der Waals surface area (Å²) >= 11 is 0. The Kier molecular flexibility index (Phi) is 5.38. The van der Waals surface area contributed by atoms with Gasteiger partial charge in [-0.2, -0.15) is 0 Å². The second kappa shape index (κ2) is 9.96. The largest absolute Gasteiger partial charge is 0.456 e. The second-order valence-electron chi connectivity index (χ2n) is 12.9. The molecule has 3 aromatic heterocycles. The fourth-order valence-corrected chi connectivity index (χ4v) is 8.17. The number of rotatable bonds is 3. The lowest BCUT2D eigenvalue weighted by molar-refractivity contribution is 0.669. The summed E-state index contributed by atoms with van der Waals surface area (Å²) in [5.74, 6) is 0. The molecule has 0 bridgehead atoms. The van der Waals surface area contributed by atoms with Gasteiger partial charge in [-0.1, -0.05) is 115 Å². The molecule has 3 heterocycles. The van der Waals surface area contributed by atoms with Crippen molar-refractivity contribution in [2.45, 2.75) is 0 Å². The summed E-state index contributed by atoms with van der Waals surface area (Å²) in [5, 5.41) is 9.72. The van der Waals surface area contributed by atoms with Crippen molar-refractivity contribution in [3.8, 4) is 22.5 Å². The van der Waals surface area contributed by atoms with Crippen LogP contribution in [0, 0.1) is 0 Å². The van der Waals surface area contributed by atoms with Crippen LogP contribution in [0.15, 0.2) is 174 Å². The van der Waals surface area contributed by atoms with Crippen LogP contribution < -0.4 is 0 Å². The van der Waals surface area contributed by atoms with Gasteiger partial charge in [0.25, 0.3) is 0 Å². The molecule has 0 aliphatic rings. The Morgan fingerprint density at radius 1 is 0.347 bits per heavy atom. The Balaban J connectivity index is 1.30. The van der Waals surface area contributed by atoms with Gasteiger partial charge in [-0.3, -0.25) is 0 Å². The van der Waals surface area contributed by atoms with Crippen LogP contribution in [0.3, 0.4) is 0 Å². The minimum atomic E-state index is 0.895. The maximum atomic E-state index is 6.36. The van der Waals surface area contributed by atoms with Crippen molar-refractivity contribution in [1.29, 1.82) is 0 Å². The maximum absolute atomic E-state index is 6.36. The summed E-state index contributed by atoms with van der Waals surface area (Å²) in [4.78, 5) is 0. The summed E-state index contributed by atoms with van der Waals surface area (Å²) in [6, 6.07) is 61.3. The van der Waals surface area contributed by atoms with Gasteiger partial charge in [0.2, 0.25) is 0 Å². The number of furan rings is 1. The van der Waals surface area contributed by atoms with Gasteiger partial charge in [0.15, 0.2) is 0 Å². The molecule has 0 amide bonds. The number of hydrogen-bond donors (Lipinski definition) is 0. The van der Waals surface area contributed by atoms with Crippen molar-refractivity contribution >= 4 is 76.3 Å². The fraction of sp³-hybridized carbons (Fsp3) is 0. The molecule has 228 valence electrons.